The van der Waals surface area contributed by atoms with E-state index in [1.54, 1.807) is 6.08 Å². The van der Waals surface area contributed by atoms with Crippen LogP contribution in [0.15, 0.2) is 24.3 Å². The van der Waals surface area contributed by atoms with Crippen molar-refractivity contribution in [1.29, 1.82) is 0 Å². The molecule has 1 saturated heterocycles. The number of rotatable bonds is 34. The number of allylic oxidation sites excluding steroid dienone is 3. The summed E-state index contributed by atoms with van der Waals surface area (Å²) in [4.78, 5) is 12.9. The van der Waals surface area contributed by atoms with Gasteiger partial charge in [0.05, 0.1) is 25.4 Å². The molecule has 7 atom stereocenters. The molecule has 6 N–H and O–H groups in total. The molecule has 1 aliphatic rings. The van der Waals surface area contributed by atoms with Crippen molar-refractivity contribution in [2.24, 2.45) is 0 Å². The van der Waals surface area contributed by atoms with Gasteiger partial charge in [-0.2, -0.15) is 0 Å². The van der Waals surface area contributed by atoms with Gasteiger partial charge >= 0.3 is 0 Å². The molecule has 1 rings (SSSR count). The lowest BCUT2D eigenvalue weighted by Crippen LogP contribution is -2.60. The molecule has 9 heteroatoms. The van der Waals surface area contributed by atoms with E-state index in [4.69, 9.17) is 9.47 Å². The summed E-state index contributed by atoms with van der Waals surface area (Å²) in [5, 5.41) is 53.9. The van der Waals surface area contributed by atoms with E-state index in [1.807, 2.05) is 6.08 Å². The van der Waals surface area contributed by atoms with Crippen LogP contribution >= 0.6 is 0 Å². The summed E-state index contributed by atoms with van der Waals surface area (Å²) >= 11 is 0. The van der Waals surface area contributed by atoms with Crippen molar-refractivity contribution in [3.05, 3.63) is 24.3 Å². The van der Waals surface area contributed by atoms with Crippen molar-refractivity contribution in [3.63, 3.8) is 0 Å². The molecule has 0 saturated carbocycles. The lowest BCUT2D eigenvalue weighted by Gasteiger charge is -2.40. The van der Waals surface area contributed by atoms with Crippen LogP contribution in [0.1, 0.15) is 181 Å². The predicted molar refractivity (Wildman–Crippen MR) is 207 cm³/mol. The zero-order chi connectivity index (χ0) is 37.4. The number of hydrogen-bond acceptors (Lipinski definition) is 8. The normalized spacial score (nSPS) is 22.2. The summed E-state index contributed by atoms with van der Waals surface area (Å²) in [6.07, 6.45) is 30.8. The summed E-state index contributed by atoms with van der Waals surface area (Å²) in [7, 11) is 0. The van der Waals surface area contributed by atoms with Crippen LogP contribution in [0.3, 0.4) is 0 Å². The number of nitrogens with one attached hydrogen (secondary N) is 1. The van der Waals surface area contributed by atoms with E-state index in [0.717, 1.165) is 38.5 Å². The van der Waals surface area contributed by atoms with Crippen LogP contribution in [0.4, 0.5) is 0 Å². The molecule has 300 valence electrons. The Balaban J connectivity index is 2.33. The summed E-state index contributed by atoms with van der Waals surface area (Å²) in [6.45, 7) is 3.72. The van der Waals surface area contributed by atoms with Crippen molar-refractivity contribution >= 4 is 5.91 Å². The lowest BCUT2D eigenvalue weighted by atomic mass is 9.99. The molecule has 1 aliphatic heterocycles. The molecule has 9 nitrogen and oxygen atoms in total. The lowest BCUT2D eigenvalue weighted by molar-refractivity contribution is -0.302. The first-order valence-corrected chi connectivity index (χ1v) is 21.1. The van der Waals surface area contributed by atoms with Gasteiger partial charge in [0, 0.05) is 6.42 Å². The quantitative estimate of drug-likeness (QED) is 0.0289. The maximum absolute atomic E-state index is 12.9. The van der Waals surface area contributed by atoms with Gasteiger partial charge in [-0.1, -0.05) is 154 Å². The molecule has 0 aromatic heterocycles. The van der Waals surface area contributed by atoms with E-state index >= 15 is 0 Å². The summed E-state index contributed by atoms with van der Waals surface area (Å²) in [6, 6.07) is -0.800. The fraction of sp³-hybridized carbons (Fsp3) is 0.881. The molecular weight excluding hydrogens is 646 g/mol. The van der Waals surface area contributed by atoms with Crippen molar-refractivity contribution in [1.82, 2.24) is 5.32 Å². The van der Waals surface area contributed by atoms with E-state index < -0.39 is 49.5 Å². The van der Waals surface area contributed by atoms with E-state index in [1.165, 1.54) is 122 Å². The van der Waals surface area contributed by atoms with E-state index in [-0.39, 0.29) is 12.5 Å². The monoisotopic (exact) mass is 726 g/mol. The van der Waals surface area contributed by atoms with E-state index in [0.29, 0.717) is 6.42 Å². The minimum atomic E-state index is -1.56. The average molecular weight is 726 g/mol. The maximum atomic E-state index is 12.9. The van der Waals surface area contributed by atoms with Gasteiger partial charge in [0.25, 0.3) is 0 Å². The number of carbonyl (C=O) groups is 1. The Morgan fingerprint density at radius 3 is 1.59 bits per heavy atom. The fourth-order valence-electron chi connectivity index (χ4n) is 6.56. The van der Waals surface area contributed by atoms with Gasteiger partial charge in [0.1, 0.15) is 24.4 Å². The van der Waals surface area contributed by atoms with Crippen LogP contribution in [0, 0.1) is 0 Å². The Labute approximate surface area is 311 Å². The Morgan fingerprint density at radius 1 is 0.647 bits per heavy atom. The SMILES string of the molecule is CCCCCCCC/C=C\CCCCCCCCCCCC(=O)NC(COC1OC(CO)C(O)C(O)C1O)C(O)/C=C/CCCCCCCCC. The average Bonchev–Trinajstić information content (AvgIpc) is 3.13. The minimum Gasteiger partial charge on any atom is -0.394 e. The smallest absolute Gasteiger partial charge is 0.220 e. The molecule has 0 radical (unpaired) electrons. The zero-order valence-electron chi connectivity index (χ0n) is 32.6. The number of ether oxygens (including phenoxy) is 2. The van der Waals surface area contributed by atoms with Gasteiger partial charge in [0.15, 0.2) is 6.29 Å². The number of unbranched alkanes of at least 4 members (excludes halogenated alkanes) is 22. The van der Waals surface area contributed by atoms with Crippen LogP contribution in [-0.4, -0.2) is 87.5 Å². The van der Waals surface area contributed by atoms with Crippen molar-refractivity contribution in [2.45, 2.75) is 224 Å². The molecular formula is C42H79NO8. The molecule has 51 heavy (non-hydrogen) atoms. The van der Waals surface area contributed by atoms with Gasteiger partial charge in [0.2, 0.25) is 5.91 Å². The third-order valence-corrected chi connectivity index (χ3v) is 10.0. The predicted octanol–water partition coefficient (Wildman–Crippen LogP) is 7.94. The first-order valence-electron chi connectivity index (χ1n) is 21.1. The van der Waals surface area contributed by atoms with Gasteiger partial charge in [-0.15, -0.1) is 0 Å². The number of hydrogen-bond donors (Lipinski definition) is 6. The Morgan fingerprint density at radius 2 is 1.10 bits per heavy atom. The third-order valence-electron chi connectivity index (χ3n) is 10.0. The summed E-state index contributed by atoms with van der Waals surface area (Å²) < 4.78 is 11.2. The second-order valence-electron chi connectivity index (χ2n) is 14.8. The highest BCUT2D eigenvalue weighted by Gasteiger charge is 2.44. The molecule has 0 aliphatic carbocycles. The summed E-state index contributed by atoms with van der Waals surface area (Å²) in [5.74, 6) is -0.182. The Hall–Kier alpha value is -1.33. The largest absolute Gasteiger partial charge is 0.394 e. The standard InChI is InChI=1S/C42H79NO8/c1-3-5-7-9-11-13-14-15-16-17-18-19-20-21-22-24-26-28-30-32-38(46)43-35(36(45)31-29-27-25-23-12-10-8-6-4-2)34-50-42-41(49)40(48)39(47)37(33-44)51-42/h15-16,29,31,35-37,39-42,44-45,47-49H,3-14,17-28,30,32-34H2,1-2H3,(H,43,46)/b16-15-,31-29+. The van der Waals surface area contributed by atoms with Crippen molar-refractivity contribution in [2.75, 3.05) is 13.2 Å². The molecule has 1 fully saturated rings. The first kappa shape index (κ1) is 47.7. The molecule has 0 aromatic rings. The molecule has 0 aromatic carbocycles. The van der Waals surface area contributed by atoms with Gasteiger partial charge in [-0.3, -0.25) is 4.79 Å². The highest BCUT2D eigenvalue weighted by Crippen LogP contribution is 2.22. The Bertz CT molecular complexity index is 853. The number of carbonyl (C=O) groups excluding carboxylic acids is 1. The van der Waals surface area contributed by atoms with Crippen LogP contribution < -0.4 is 5.32 Å². The van der Waals surface area contributed by atoms with Crippen molar-refractivity contribution < 1.29 is 39.8 Å². The number of aliphatic hydroxyl groups excluding tert-OH is 5. The highest BCUT2D eigenvalue weighted by molar-refractivity contribution is 5.76. The molecule has 1 amide bonds. The van der Waals surface area contributed by atoms with Gasteiger partial charge in [-0.25, -0.2) is 0 Å². The van der Waals surface area contributed by atoms with Crippen molar-refractivity contribution in [3.8, 4) is 0 Å². The summed E-state index contributed by atoms with van der Waals surface area (Å²) in [5.41, 5.74) is 0. The Kier molecular flexibility index (Phi) is 31.1. The second kappa shape index (κ2) is 33.3. The molecule has 1 heterocycles. The van der Waals surface area contributed by atoms with Gasteiger partial charge < -0.3 is 40.3 Å². The molecule has 0 spiro atoms. The second-order valence-corrected chi connectivity index (χ2v) is 14.8. The maximum Gasteiger partial charge on any atom is 0.220 e. The van der Waals surface area contributed by atoms with Gasteiger partial charge in [-0.05, 0) is 44.9 Å². The molecule has 7 unspecified atom stereocenters. The fourth-order valence-corrected chi connectivity index (χ4v) is 6.56. The van der Waals surface area contributed by atoms with E-state index in [2.05, 4.69) is 31.3 Å². The van der Waals surface area contributed by atoms with Crippen LogP contribution in [0.5, 0.6) is 0 Å². The van der Waals surface area contributed by atoms with Crippen LogP contribution in [0.25, 0.3) is 0 Å². The third kappa shape index (κ3) is 24.6. The van der Waals surface area contributed by atoms with Crippen LogP contribution in [-0.2, 0) is 14.3 Å². The minimum absolute atomic E-state index is 0.182. The van der Waals surface area contributed by atoms with Crippen LogP contribution in [0.2, 0.25) is 0 Å². The number of amides is 1. The topological polar surface area (TPSA) is 149 Å². The highest BCUT2D eigenvalue weighted by atomic mass is 16.7. The van der Waals surface area contributed by atoms with E-state index in [9.17, 15) is 30.3 Å². The number of aliphatic hydroxyl groups is 5. The molecule has 0 bridgehead atoms. The first-order chi connectivity index (χ1) is 24.8. The zero-order valence-corrected chi connectivity index (χ0v) is 32.6.